The van der Waals surface area contributed by atoms with Gasteiger partial charge in [-0.2, -0.15) is 0 Å². The van der Waals surface area contributed by atoms with Gasteiger partial charge in [-0.05, 0) is 60.9 Å². The maximum atomic E-state index is 13.1. The molecule has 0 aliphatic carbocycles. The van der Waals surface area contributed by atoms with Gasteiger partial charge in [-0.15, -0.1) is 5.10 Å². The molecule has 0 radical (unpaired) electrons. The van der Waals surface area contributed by atoms with Crippen molar-refractivity contribution in [2.24, 2.45) is 0 Å². The third-order valence-electron chi connectivity index (χ3n) is 5.16. The number of fused-ring (bicyclic) bond motifs is 1. The molecule has 144 valence electrons. The van der Waals surface area contributed by atoms with Gasteiger partial charge >= 0.3 is 6.03 Å². The minimum Gasteiger partial charge on any atom is -0.317 e. The molecular weight excluding hydrogens is 352 g/mol. The van der Waals surface area contributed by atoms with Crippen LogP contribution in [0.15, 0.2) is 48.5 Å². The third kappa shape index (κ3) is 3.35. The summed E-state index contributed by atoms with van der Waals surface area (Å²) in [7, 11) is 0. The average molecular weight is 376 g/mol. The summed E-state index contributed by atoms with van der Waals surface area (Å²) in [6, 6.07) is 16.1. The topological polar surface area (TPSA) is 75.9 Å². The van der Waals surface area contributed by atoms with Crippen molar-refractivity contribution in [2.75, 3.05) is 5.32 Å². The first kappa shape index (κ1) is 18.2. The summed E-state index contributed by atoms with van der Waals surface area (Å²) in [6.07, 6.45) is 0.858. The van der Waals surface area contributed by atoms with E-state index in [9.17, 15) is 4.79 Å². The van der Waals surface area contributed by atoms with Crippen molar-refractivity contribution in [2.45, 2.75) is 45.8 Å². The average Bonchev–Trinajstić information content (AvgIpc) is 3.18. The number of nitrogens with one attached hydrogen (secondary N) is 1. The zero-order chi connectivity index (χ0) is 19.7. The van der Waals surface area contributed by atoms with Crippen LogP contribution in [0.4, 0.5) is 10.5 Å². The summed E-state index contributed by atoms with van der Waals surface area (Å²) in [4.78, 5) is 15.0. The lowest BCUT2D eigenvalue weighted by Crippen LogP contribution is -2.44. The number of amides is 2. The fourth-order valence-electron chi connectivity index (χ4n) is 3.64. The molecule has 7 nitrogen and oxygen atoms in total. The summed E-state index contributed by atoms with van der Waals surface area (Å²) in [5.74, 6) is 0.642. The number of carbonyl (C=O) groups excluding carboxylic acids is 1. The zero-order valence-electron chi connectivity index (χ0n) is 16.3. The van der Waals surface area contributed by atoms with Gasteiger partial charge in [0.2, 0.25) is 0 Å². The second kappa shape index (κ2) is 7.42. The van der Waals surface area contributed by atoms with Crippen molar-refractivity contribution < 1.29 is 4.79 Å². The molecule has 2 amide bonds. The molecule has 0 saturated carbocycles. The summed E-state index contributed by atoms with van der Waals surface area (Å²) < 4.78 is 1.75. The Hall–Kier alpha value is -3.22. The SMILES string of the molecule is CC1Cc2ccccc2CN1C(=O)Nc1ccccc1-c1nnnn1C(C)C. The number of benzene rings is 2. The van der Waals surface area contributed by atoms with Crippen molar-refractivity contribution in [1.82, 2.24) is 25.1 Å². The lowest BCUT2D eigenvalue weighted by molar-refractivity contribution is 0.182. The van der Waals surface area contributed by atoms with Gasteiger partial charge in [0, 0.05) is 18.2 Å². The molecule has 3 aromatic rings. The van der Waals surface area contributed by atoms with Gasteiger partial charge in [-0.1, -0.05) is 36.4 Å². The predicted octanol–water partition coefficient (Wildman–Crippen LogP) is 3.90. The molecule has 1 N–H and O–H groups in total. The lowest BCUT2D eigenvalue weighted by atomic mass is 9.95. The number of hydrogen-bond acceptors (Lipinski definition) is 4. The Morgan fingerprint density at radius 2 is 1.82 bits per heavy atom. The van der Waals surface area contributed by atoms with Crippen molar-refractivity contribution >= 4 is 11.7 Å². The molecule has 0 bridgehead atoms. The maximum Gasteiger partial charge on any atom is 0.322 e. The fourth-order valence-corrected chi connectivity index (χ4v) is 3.64. The number of aromatic nitrogens is 4. The van der Waals surface area contributed by atoms with Crippen LogP contribution in [0.5, 0.6) is 0 Å². The van der Waals surface area contributed by atoms with E-state index in [1.807, 2.05) is 49.1 Å². The van der Waals surface area contributed by atoms with Crippen LogP contribution in [0.3, 0.4) is 0 Å². The maximum absolute atomic E-state index is 13.1. The summed E-state index contributed by atoms with van der Waals surface area (Å²) in [6.45, 7) is 6.73. The first-order valence-corrected chi connectivity index (χ1v) is 9.56. The smallest absolute Gasteiger partial charge is 0.317 e. The number of rotatable bonds is 3. The fraction of sp³-hybridized carbons (Fsp3) is 0.333. The van der Waals surface area contributed by atoms with Crippen molar-refractivity contribution in [3.05, 3.63) is 59.7 Å². The van der Waals surface area contributed by atoms with E-state index in [1.165, 1.54) is 11.1 Å². The van der Waals surface area contributed by atoms with Gasteiger partial charge in [0.1, 0.15) is 0 Å². The molecule has 0 spiro atoms. The highest BCUT2D eigenvalue weighted by atomic mass is 16.2. The Kier molecular flexibility index (Phi) is 4.81. The predicted molar refractivity (Wildman–Crippen MR) is 108 cm³/mol. The molecular formula is C21H24N6O. The molecule has 2 aromatic carbocycles. The van der Waals surface area contributed by atoms with E-state index >= 15 is 0 Å². The minimum atomic E-state index is -0.113. The van der Waals surface area contributed by atoms with Crippen molar-refractivity contribution in [3.8, 4) is 11.4 Å². The highest BCUT2D eigenvalue weighted by Gasteiger charge is 2.27. The van der Waals surface area contributed by atoms with Crippen LogP contribution in [-0.2, 0) is 13.0 Å². The van der Waals surface area contributed by atoms with Crippen molar-refractivity contribution in [1.29, 1.82) is 0 Å². The highest BCUT2D eigenvalue weighted by molar-refractivity contribution is 5.94. The van der Waals surface area contributed by atoms with E-state index in [2.05, 4.69) is 46.0 Å². The molecule has 1 aromatic heterocycles. The first-order valence-electron chi connectivity index (χ1n) is 9.56. The van der Waals surface area contributed by atoms with E-state index in [4.69, 9.17) is 0 Å². The number of carbonyl (C=O) groups is 1. The molecule has 2 heterocycles. The Labute approximate surface area is 164 Å². The number of para-hydroxylation sites is 1. The van der Waals surface area contributed by atoms with Gasteiger partial charge in [0.05, 0.1) is 11.7 Å². The van der Waals surface area contributed by atoms with E-state index in [0.717, 1.165) is 12.0 Å². The van der Waals surface area contributed by atoms with E-state index < -0.39 is 0 Å². The minimum absolute atomic E-state index is 0.113. The normalized spacial score (nSPS) is 16.1. The molecule has 4 rings (SSSR count). The molecule has 0 saturated heterocycles. The summed E-state index contributed by atoms with van der Waals surface area (Å²) >= 11 is 0. The van der Waals surface area contributed by atoms with E-state index in [0.29, 0.717) is 18.1 Å². The molecule has 0 fully saturated rings. The Morgan fingerprint density at radius 1 is 1.11 bits per heavy atom. The first-order chi connectivity index (χ1) is 13.5. The van der Waals surface area contributed by atoms with Crippen LogP contribution >= 0.6 is 0 Å². The van der Waals surface area contributed by atoms with Gasteiger partial charge in [0.15, 0.2) is 5.82 Å². The molecule has 1 unspecified atom stereocenters. The second-order valence-corrected chi connectivity index (χ2v) is 7.47. The summed E-state index contributed by atoms with van der Waals surface area (Å²) in [5.41, 5.74) is 4.03. The van der Waals surface area contributed by atoms with Gasteiger partial charge in [0.25, 0.3) is 0 Å². The summed E-state index contributed by atoms with van der Waals surface area (Å²) in [5, 5.41) is 15.1. The van der Waals surface area contributed by atoms with Crippen LogP contribution in [0.1, 0.15) is 37.9 Å². The number of urea groups is 1. The Balaban J connectivity index is 1.60. The molecule has 1 atom stereocenters. The molecule has 1 aliphatic heterocycles. The van der Waals surface area contributed by atoms with Crippen LogP contribution in [0.2, 0.25) is 0 Å². The molecule has 28 heavy (non-hydrogen) atoms. The zero-order valence-corrected chi connectivity index (χ0v) is 16.3. The van der Waals surface area contributed by atoms with Gasteiger partial charge in [-0.25, -0.2) is 9.48 Å². The van der Waals surface area contributed by atoms with Gasteiger partial charge < -0.3 is 10.2 Å². The highest BCUT2D eigenvalue weighted by Crippen LogP contribution is 2.29. The molecule has 1 aliphatic rings. The quantitative estimate of drug-likeness (QED) is 0.752. The van der Waals surface area contributed by atoms with Crippen LogP contribution in [0, 0.1) is 0 Å². The molecule has 7 heteroatoms. The third-order valence-corrected chi connectivity index (χ3v) is 5.16. The van der Waals surface area contributed by atoms with E-state index in [-0.39, 0.29) is 18.1 Å². The number of anilines is 1. The Bertz CT molecular complexity index is 996. The number of nitrogens with zero attached hydrogens (tertiary/aromatic N) is 5. The van der Waals surface area contributed by atoms with Crippen molar-refractivity contribution in [3.63, 3.8) is 0 Å². The number of hydrogen-bond donors (Lipinski definition) is 1. The largest absolute Gasteiger partial charge is 0.322 e. The standard InChI is InChI=1S/C21H24N6O/c1-14(2)27-20(23-24-25-27)18-10-6-7-11-19(18)22-21(28)26-13-17-9-5-4-8-16(17)12-15(26)3/h4-11,14-15H,12-13H2,1-3H3,(H,22,28). The lowest BCUT2D eigenvalue weighted by Gasteiger charge is -2.35. The van der Waals surface area contributed by atoms with Gasteiger partial charge in [-0.3, -0.25) is 0 Å². The Morgan fingerprint density at radius 3 is 2.61 bits per heavy atom. The second-order valence-electron chi connectivity index (χ2n) is 7.47. The number of tetrazole rings is 1. The van der Waals surface area contributed by atoms with Crippen LogP contribution < -0.4 is 5.32 Å². The van der Waals surface area contributed by atoms with Crippen LogP contribution in [-0.4, -0.2) is 37.2 Å². The van der Waals surface area contributed by atoms with Crippen LogP contribution in [0.25, 0.3) is 11.4 Å². The van der Waals surface area contributed by atoms with E-state index in [1.54, 1.807) is 4.68 Å². The monoisotopic (exact) mass is 376 g/mol.